The summed E-state index contributed by atoms with van der Waals surface area (Å²) in [5.74, 6) is 0.790. The van der Waals surface area contributed by atoms with Crippen molar-refractivity contribution in [2.24, 2.45) is 0 Å². The van der Waals surface area contributed by atoms with E-state index in [-0.39, 0.29) is 5.56 Å². The first-order valence-electron chi connectivity index (χ1n) is 9.40. The Balaban J connectivity index is 1.72. The highest BCUT2D eigenvalue weighted by molar-refractivity contribution is 6.30. The van der Waals surface area contributed by atoms with Crippen molar-refractivity contribution in [1.82, 2.24) is 9.55 Å². The van der Waals surface area contributed by atoms with Crippen LogP contribution in [0.1, 0.15) is 47.2 Å². The number of nitrogens with zero attached hydrogens (tertiary/aromatic N) is 2. The van der Waals surface area contributed by atoms with Crippen LogP contribution >= 0.6 is 11.6 Å². The molecule has 6 heteroatoms. The van der Waals surface area contributed by atoms with Crippen molar-refractivity contribution >= 4 is 17.6 Å². The number of unbranched alkanes of at least 4 members (excludes halogenated alkanes) is 1. The Bertz CT molecular complexity index is 1040. The Morgan fingerprint density at radius 3 is 2.89 bits per heavy atom. The third-order valence-electron chi connectivity index (χ3n) is 5.09. The third kappa shape index (κ3) is 3.38. The molecule has 144 valence electrons. The van der Waals surface area contributed by atoms with Crippen LogP contribution in [0.3, 0.4) is 0 Å². The van der Waals surface area contributed by atoms with Gasteiger partial charge in [0.05, 0.1) is 17.8 Å². The summed E-state index contributed by atoms with van der Waals surface area (Å²) in [4.78, 5) is 16.1. The van der Waals surface area contributed by atoms with Crippen LogP contribution in [-0.4, -0.2) is 20.6 Å². The zero-order valence-corrected chi connectivity index (χ0v) is 16.4. The summed E-state index contributed by atoms with van der Waals surface area (Å²) in [7, 11) is 0. The maximum atomic E-state index is 11.6. The second-order valence-corrected chi connectivity index (χ2v) is 7.28. The minimum atomic E-state index is -0.944. The fourth-order valence-electron chi connectivity index (χ4n) is 3.58. The Morgan fingerprint density at radius 2 is 2.11 bits per heavy atom. The average molecular weight is 397 g/mol. The third-order valence-corrected chi connectivity index (χ3v) is 5.39. The fraction of sp³-hybridized carbons (Fsp3) is 0.273. The van der Waals surface area contributed by atoms with Crippen LogP contribution in [0.5, 0.6) is 5.75 Å². The van der Waals surface area contributed by atoms with Crippen molar-refractivity contribution in [2.45, 2.75) is 39.3 Å². The lowest BCUT2D eigenvalue weighted by Gasteiger charge is -2.12. The highest BCUT2D eigenvalue weighted by Crippen LogP contribution is 2.34. The van der Waals surface area contributed by atoms with Crippen molar-refractivity contribution in [3.63, 3.8) is 0 Å². The second-order valence-electron chi connectivity index (χ2n) is 6.92. The number of fused-ring (bicyclic) bond motifs is 2. The van der Waals surface area contributed by atoms with Crippen molar-refractivity contribution in [2.75, 3.05) is 0 Å². The van der Waals surface area contributed by atoms with Crippen LogP contribution in [0.25, 0.3) is 11.1 Å². The molecule has 0 atom stereocenters. The van der Waals surface area contributed by atoms with E-state index in [2.05, 4.69) is 16.5 Å². The zero-order chi connectivity index (χ0) is 19.7. The van der Waals surface area contributed by atoms with Gasteiger partial charge in [0.1, 0.15) is 18.2 Å². The number of hydrogen-bond donors (Lipinski definition) is 1. The summed E-state index contributed by atoms with van der Waals surface area (Å²) < 4.78 is 8.19. The molecular formula is C22H21ClN2O3. The topological polar surface area (TPSA) is 64.4 Å². The Hall–Kier alpha value is -2.79. The van der Waals surface area contributed by atoms with E-state index in [1.54, 1.807) is 12.1 Å². The van der Waals surface area contributed by atoms with Crippen LogP contribution < -0.4 is 4.74 Å². The second kappa shape index (κ2) is 7.68. The number of aromatic nitrogens is 2. The smallest absolute Gasteiger partial charge is 0.336 e. The van der Waals surface area contributed by atoms with E-state index in [0.29, 0.717) is 23.9 Å². The number of hydrogen-bond acceptors (Lipinski definition) is 3. The molecule has 0 aliphatic carbocycles. The van der Waals surface area contributed by atoms with Gasteiger partial charge in [0.15, 0.2) is 5.15 Å². The van der Waals surface area contributed by atoms with Crippen molar-refractivity contribution in [1.29, 1.82) is 0 Å². The van der Waals surface area contributed by atoms with Gasteiger partial charge in [0, 0.05) is 12.0 Å². The van der Waals surface area contributed by atoms with Gasteiger partial charge in [-0.1, -0.05) is 55.3 Å². The van der Waals surface area contributed by atoms with Crippen LogP contribution in [0.2, 0.25) is 5.15 Å². The summed E-state index contributed by atoms with van der Waals surface area (Å²) in [6.07, 6.45) is 3.04. The molecule has 1 aliphatic rings. The van der Waals surface area contributed by atoms with Crippen molar-refractivity contribution < 1.29 is 14.6 Å². The average Bonchev–Trinajstić information content (AvgIpc) is 2.87. The molecule has 1 N–H and O–H groups in total. The number of imidazole rings is 1. The van der Waals surface area contributed by atoms with Gasteiger partial charge >= 0.3 is 5.97 Å². The van der Waals surface area contributed by atoms with Crippen LogP contribution in [-0.2, 0) is 19.6 Å². The SMILES string of the molecule is CCCCc1nc(Cl)c2n1Cc1ccc(-c3ccccc3C(=O)O)cc1OC2. The van der Waals surface area contributed by atoms with Crippen molar-refractivity contribution in [3.05, 3.63) is 70.3 Å². The molecule has 1 aliphatic heterocycles. The van der Waals surface area contributed by atoms with E-state index in [0.717, 1.165) is 47.7 Å². The fourth-order valence-corrected chi connectivity index (χ4v) is 3.83. The van der Waals surface area contributed by atoms with E-state index in [4.69, 9.17) is 16.3 Å². The molecular weight excluding hydrogens is 376 g/mol. The number of carboxylic acids is 1. The molecule has 0 saturated carbocycles. The molecule has 0 spiro atoms. The molecule has 5 nitrogen and oxygen atoms in total. The number of benzene rings is 2. The van der Waals surface area contributed by atoms with Crippen LogP contribution in [0.15, 0.2) is 42.5 Å². The molecule has 2 aromatic carbocycles. The Labute approximate surface area is 168 Å². The molecule has 28 heavy (non-hydrogen) atoms. The molecule has 3 aromatic rings. The predicted molar refractivity (Wildman–Crippen MR) is 108 cm³/mol. The zero-order valence-electron chi connectivity index (χ0n) is 15.6. The number of ether oxygens (including phenoxy) is 1. The van der Waals surface area contributed by atoms with Crippen LogP contribution in [0.4, 0.5) is 0 Å². The van der Waals surface area contributed by atoms with Gasteiger partial charge in [-0.15, -0.1) is 0 Å². The summed E-state index contributed by atoms with van der Waals surface area (Å²) in [6, 6.07) is 12.8. The number of carboxylic acid groups (broad SMARTS) is 1. The summed E-state index contributed by atoms with van der Waals surface area (Å²) >= 11 is 6.36. The molecule has 0 unspecified atom stereocenters. The van der Waals surface area contributed by atoms with Gasteiger partial charge in [-0.2, -0.15) is 0 Å². The lowest BCUT2D eigenvalue weighted by molar-refractivity contribution is 0.0697. The first-order valence-corrected chi connectivity index (χ1v) is 9.78. The number of rotatable bonds is 5. The minimum Gasteiger partial charge on any atom is -0.487 e. The largest absolute Gasteiger partial charge is 0.487 e. The number of aromatic carboxylic acids is 1. The number of carbonyl (C=O) groups is 1. The standard InChI is InChI=1S/C22H21ClN2O3/c1-2-3-8-20-24-21(23)18-13-28-19-11-14(9-10-15(19)12-25(18)20)16-6-4-5-7-17(16)22(26)27/h4-7,9-11H,2-3,8,12-13H2,1H3,(H,26,27). The van der Waals surface area contributed by atoms with E-state index in [9.17, 15) is 9.90 Å². The normalized spacial score (nSPS) is 12.6. The van der Waals surface area contributed by atoms with Gasteiger partial charge < -0.3 is 14.4 Å². The summed E-state index contributed by atoms with van der Waals surface area (Å²) in [5.41, 5.74) is 3.68. The van der Waals surface area contributed by atoms with E-state index in [1.165, 1.54) is 0 Å². The predicted octanol–water partition coefficient (Wildman–Crippen LogP) is 5.19. The maximum Gasteiger partial charge on any atom is 0.336 e. The maximum absolute atomic E-state index is 11.6. The van der Waals surface area contributed by atoms with Gasteiger partial charge in [0.25, 0.3) is 0 Å². The van der Waals surface area contributed by atoms with Gasteiger partial charge in [0.2, 0.25) is 0 Å². The highest BCUT2D eigenvalue weighted by atomic mass is 35.5. The summed E-state index contributed by atoms with van der Waals surface area (Å²) in [6.45, 7) is 3.14. The lowest BCUT2D eigenvalue weighted by Crippen LogP contribution is -2.07. The number of aryl methyl sites for hydroxylation is 1. The van der Waals surface area contributed by atoms with E-state index >= 15 is 0 Å². The van der Waals surface area contributed by atoms with Crippen molar-refractivity contribution in [3.8, 4) is 16.9 Å². The molecule has 4 rings (SSSR count). The Morgan fingerprint density at radius 1 is 1.29 bits per heavy atom. The van der Waals surface area contributed by atoms with E-state index < -0.39 is 5.97 Å². The first kappa shape index (κ1) is 18.6. The molecule has 2 heterocycles. The molecule has 0 fully saturated rings. The minimum absolute atomic E-state index is 0.274. The summed E-state index contributed by atoms with van der Waals surface area (Å²) in [5, 5.41) is 9.97. The van der Waals surface area contributed by atoms with Gasteiger partial charge in [-0.25, -0.2) is 9.78 Å². The molecule has 0 saturated heterocycles. The van der Waals surface area contributed by atoms with E-state index in [1.807, 2.05) is 30.3 Å². The first-order chi connectivity index (χ1) is 13.6. The van der Waals surface area contributed by atoms with Gasteiger partial charge in [-0.3, -0.25) is 0 Å². The monoisotopic (exact) mass is 396 g/mol. The molecule has 0 bridgehead atoms. The van der Waals surface area contributed by atoms with Crippen LogP contribution in [0, 0.1) is 0 Å². The molecule has 0 radical (unpaired) electrons. The number of halogens is 1. The molecule has 0 amide bonds. The Kier molecular flexibility index (Phi) is 5.09. The molecule has 1 aromatic heterocycles. The van der Waals surface area contributed by atoms with Gasteiger partial charge in [-0.05, 0) is 29.7 Å². The quantitative estimate of drug-likeness (QED) is 0.645. The lowest BCUT2D eigenvalue weighted by atomic mass is 9.98. The highest BCUT2D eigenvalue weighted by Gasteiger charge is 2.22.